The molecule has 0 atom stereocenters. The van der Waals surface area contributed by atoms with Crippen molar-refractivity contribution in [1.82, 2.24) is 0 Å². The van der Waals surface area contributed by atoms with Crippen molar-refractivity contribution in [2.45, 2.75) is 13.1 Å². The van der Waals surface area contributed by atoms with E-state index in [2.05, 4.69) is 82.5 Å². The molecule has 2 aromatic carbocycles. The van der Waals surface area contributed by atoms with Gasteiger partial charge in [-0.1, -0.05) is 47.5 Å². The monoisotopic (exact) mass is 406 g/mol. The van der Waals surface area contributed by atoms with Crippen LogP contribution in [0, 0.1) is 0 Å². The van der Waals surface area contributed by atoms with Crippen molar-refractivity contribution in [3.63, 3.8) is 0 Å². The third-order valence-electron chi connectivity index (χ3n) is 4.67. The van der Waals surface area contributed by atoms with E-state index in [0.29, 0.717) is 0 Å². The highest BCUT2D eigenvalue weighted by Gasteiger charge is 2.07. The van der Waals surface area contributed by atoms with Crippen LogP contribution in [-0.4, -0.2) is 0 Å². The fourth-order valence-corrected chi connectivity index (χ4v) is 3.36. The number of hydrogen-bond donors (Lipinski definition) is 0. The molecule has 0 fully saturated rings. The van der Waals surface area contributed by atoms with Gasteiger partial charge in [-0.25, -0.2) is 9.13 Å². The van der Waals surface area contributed by atoms with Crippen LogP contribution in [0.5, 0.6) is 0 Å². The van der Waals surface area contributed by atoms with Gasteiger partial charge in [0.1, 0.15) is 0 Å². The molecule has 0 saturated heterocycles. The van der Waals surface area contributed by atoms with Crippen LogP contribution < -0.4 is 9.13 Å². The first-order valence-corrected chi connectivity index (χ1v) is 9.89. The summed E-state index contributed by atoms with van der Waals surface area (Å²) in [5, 5.41) is 1.53. The number of hydrogen-bond acceptors (Lipinski definition) is 0. The predicted octanol–water partition coefficient (Wildman–Crippen LogP) is 5.33. The van der Waals surface area contributed by atoms with Crippen LogP contribution in [-0.2, 0) is 13.1 Å². The molecule has 0 unspecified atom stereocenters. The zero-order valence-electron chi connectivity index (χ0n) is 15.3. The summed E-state index contributed by atoms with van der Waals surface area (Å²) in [6.45, 7) is 1.65. The standard InChI is InChI=1S/C24H20Cl2N2/c25-23-5-1-19(2-6-23)17-27-13-9-21(10-14-27)22-11-15-28(16-12-22)18-20-3-7-24(26)8-4-20/h1-16H,17-18H2/q+2. The van der Waals surface area contributed by atoms with Crippen molar-refractivity contribution in [3.05, 3.63) is 119 Å². The van der Waals surface area contributed by atoms with Gasteiger partial charge >= 0.3 is 0 Å². The average Bonchev–Trinajstić information content (AvgIpc) is 2.73. The van der Waals surface area contributed by atoms with Crippen LogP contribution in [0.25, 0.3) is 11.1 Å². The molecule has 0 spiro atoms. The van der Waals surface area contributed by atoms with Crippen LogP contribution in [0.3, 0.4) is 0 Å². The molecule has 2 heterocycles. The number of halogens is 2. The van der Waals surface area contributed by atoms with E-state index >= 15 is 0 Å². The fraction of sp³-hybridized carbons (Fsp3) is 0.0833. The number of benzene rings is 2. The molecule has 4 aromatic rings. The molecular weight excluding hydrogens is 387 g/mol. The lowest BCUT2D eigenvalue weighted by atomic mass is 10.1. The molecule has 0 bridgehead atoms. The second kappa shape index (κ2) is 8.55. The zero-order chi connectivity index (χ0) is 19.3. The molecule has 28 heavy (non-hydrogen) atoms. The first-order chi connectivity index (χ1) is 13.7. The van der Waals surface area contributed by atoms with Gasteiger partial charge < -0.3 is 0 Å². The van der Waals surface area contributed by atoms with Gasteiger partial charge in [-0.05, 0) is 35.4 Å². The van der Waals surface area contributed by atoms with Crippen LogP contribution in [0.2, 0.25) is 10.0 Å². The van der Waals surface area contributed by atoms with Gasteiger partial charge in [0.25, 0.3) is 0 Å². The molecule has 4 rings (SSSR count). The van der Waals surface area contributed by atoms with Gasteiger partial charge in [-0.2, -0.15) is 0 Å². The third kappa shape index (κ3) is 4.78. The molecule has 2 aromatic heterocycles. The normalized spacial score (nSPS) is 10.8. The molecule has 0 amide bonds. The van der Waals surface area contributed by atoms with E-state index in [-0.39, 0.29) is 0 Å². The molecule has 0 aliphatic heterocycles. The number of rotatable bonds is 5. The van der Waals surface area contributed by atoms with Gasteiger partial charge in [0, 0.05) is 45.4 Å². The lowest BCUT2D eigenvalue weighted by Gasteiger charge is -2.03. The lowest BCUT2D eigenvalue weighted by molar-refractivity contribution is -0.688. The topological polar surface area (TPSA) is 7.76 Å². The van der Waals surface area contributed by atoms with Crippen molar-refractivity contribution < 1.29 is 9.13 Å². The molecule has 4 heteroatoms. The van der Waals surface area contributed by atoms with Gasteiger partial charge in [-0.15, -0.1) is 0 Å². The number of nitrogens with zero attached hydrogens (tertiary/aromatic N) is 2. The highest BCUT2D eigenvalue weighted by Crippen LogP contribution is 2.16. The molecular formula is C24H20Cl2N2+2. The van der Waals surface area contributed by atoms with E-state index in [1.54, 1.807) is 0 Å². The number of aromatic nitrogens is 2. The summed E-state index contributed by atoms with van der Waals surface area (Å²) in [6, 6.07) is 24.5. The molecule has 0 radical (unpaired) electrons. The first-order valence-electron chi connectivity index (χ1n) is 9.13. The summed E-state index contributed by atoms with van der Waals surface area (Å²) >= 11 is 11.9. The predicted molar refractivity (Wildman–Crippen MR) is 113 cm³/mol. The highest BCUT2D eigenvalue weighted by molar-refractivity contribution is 6.30. The van der Waals surface area contributed by atoms with E-state index in [1.807, 2.05) is 24.3 Å². The minimum Gasteiger partial charge on any atom is -0.201 e. The fourth-order valence-electron chi connectivity index (χ4n) is 3.11. The van der Waals surface area contributed by atoms with E-state index < -0.39 is 0 Å². The maximum absolute atomic E-state index is 5.95. The van der Waals surface area contributed by atoms with Gasteiger partial charge in [0.2, 0.25) is 0 Å². The van der Waals surface area contributed by atoms with Crippen molar-refractivity contribution in [2.24, 2.45) is 0 Å². The molecule has 0 saturated carbocycles. The maximum Gasteiger partial charge on any atom is 0.173 e. The Morgan fingerprint density at radius 3 is 1.11 bits per heavy atom. The minimum absolute atomic E-state index is 0.765. The second-order valence-electron chi connectivity index (χ2n) is 6.77. The SMILES string of the molecule is Clc1ccc(C[n+]2ccc(-c3cc[n+](Cc4ccc(Cl)cc4)cc3)cc2)cc1. The Labute approximate surface area is 175 Å². The van der Waals surface area contributed by atoms with Crippen LogP contribution in [0.15, 0.2) is 97.6 Å². The Hall–Kier alpha value is -2.68. The van der Waals surface area contributed by atoms with E-state index in [4.69, 9.17) is 23.2 Å². The summed E-state index contributed by atoms with van der Waals surface area (Å²) in [4.78, 5) is 0. The van der Waals surface area contributed by atoms with Crippen molar-refractivity contribution in [3.8, 4) is 11.1 Å². The van der Waals surface area contributed by atoms with Gasteiger partial charge in [0.05, 0.1) is 0 Å². The Morgan fingerprint density at radius 1 is 0.464 bits per heavy atom. The zero-order valence-corrected chi connectivity index (χ0v) is 16.8. The minimum atomic E-state index is 0.765. The highest BCUT2D eigenvalue weighted by atomic mass is 35.5. The van der Waals surface area contributed by atoms with E-state index in [0.717, 1.165) is 23.1 Å². The quantitative estimate of drug-likeness (QED) is 0.395. The molecule has 0 N–H and O–H groups in total. The van der Waals surface area contributed by atoms with Crippen LogP contribution in [0.4, 0.5) is 0 Å². The third-order valence-corrected chi connectivity index (χ3v) is 5.18. The summed E-state index contributed by atoms with van der Waals surface area (Å²) in [5.74, 6) is 0. The largest absolute Gasteiger partial charge is 0.201 e. The Balaban J connectivity index is 1.43. The molecule has 138 valence electrons. The first kappa shape index (κ1) is 18.7. The van der Waals surface area contributed by atoms with Crippen LogP contribution >= 0.6 is 23.2 Å². The molecule has 0 aliphatic rings. The summed E-state index contributed by atoms with van der Waals surface area (Å²) in [6.07, 6.45) is 8.44. The van der Waals surface area contributed by atoms with E-state index in [9.17, 15) is 0 Å². The van der Waals surface area contributed by atoms with Gasteiger partial charge in [0.15, 0.2) is 37.9 Å². The Kier molecular flexibility index (Phi) is 5.70. The molecule has 2 nitrogen and oxygen atoms in total. The van der Waals surface area contributed by atoms with Crippen molar-refractivity contribution >= 4 is 23.2 Å². The Bertz CT molecular complexity index is 951. The van der Waals surface area contributed by atoms with Crippen molar-refractivity contribution in [1.29, 1.82) is 0 Å². The maximum atomic E-state index is 5.95. The van der Waals surface area contributed by atoms with Crippen LogP contribution in [0.1, 0.15) is 11.1 Å². The smallest absolute Gasteiger partial charge is 0.173 e. The van der Waals surface area contributed by atoms with Gasteiger partial charge in [-0.3, -0.25) is 0 Å². The molecule has 0 aliphatic carbocycles. The van der Waals surface area contributed by atoms with Crippen molar-refractivity contribution in [2.75, 3.05) is 0 Å². The van der Waals surface area contributed by atoms with E-state index in [1.165, 1.54) is 22.3 Å². The summed E-state index contributed by atoms with van der Waals surface area (Å²) in [7, 11) is 0. The second-order valence-corrected chi connectivity index (χ2v) is 7.64. The lowest BCUT2D eigenvalue weighted by Crippen LogP contribution is -2.33. The summed E-state index contributed by atoms with van der Waals surface area (Å²) in [5.41, 5.74) is 4.85. The summed E-state index contributed by atoms with van der Waals surface area (Å²) < 4.78 is 4.33. The average molecular weight is 407 g/mol. The Morgan fingerprint density at radius 2 is 0.786 bits per heavy atom. The number of pyridine rings is 2.